The molecule has 1 aliphatic heterocycles. The molecule has 1 heterocycles. The summed E-state index contributed by atoms with van der Waals surface area (Å²) in [6.45, 7) is 4.37. The number of ketones is 1. The van der Waals surface area contributed by atoms with Crippen LogP contribution in [0.2, 0.25) is 0 Å². The summed E-state index contributed by atoms with van der Waals surface area (Å²) >= 11 is 0. The number of ether oxygens (including phenoxy) is 2. The van der Waals surface area contributed by atoms with Crippen molar-refractivity contribution in [2.45, 2.75) is 32.3 Å². The van der Waals surface area contributed by atoms with Crippen LogP contribution in [0.1, 0.15) is 75.3 Å². The number of carboxylic acids is 1. The number of aromatic carboxylic acids is 1. The second-order valence-corrected chi connectivity index (χ2v) is 8.19. The summed E-state index contributed by atoms with van der Waals surface area (Å²) in [4.78, 5) is 23.7. The van der Waals surface area contributed by atoms with Crippen LogP contribution in [0.15, 0.2) is 60.7 Å². The Bertz CT molecular complexity index is 1240. The molecule has 1 atom stereocenters. The second-order valence-electron chi connectivity index (χ2n) is 8.19. The predicted molar refractivity (Wildman–Crippen MR) is 122 cm³/mol. The zero-order chi connectivity index (χ0) is 23.5. The van der Waals surface area contributed by atoms with Crippen molar-refractivity contribution in [2.75, 3.05) is 6.61 Å². The standard InChI is InChI=1S/C27H23NO5/c1-16(2)24-23(12-11-21-22(29)13-14-32-26(21)24)33-25(18-5-3-17(15-28)4-6-18)19-7-9-20(10-8-19)27(30)31/h3-12,16,25H,13-14H2,1-2H3,(H,30,31). The number of fused-ring (bicyclic) bond motifs is 1. The monoisotopic (exact) mass is 441 g/mol. The molecule has 3 aromatic carbocycles. The Labute approximate surface area is 192 Å². The lowest BCUT2D eigenvalue weighted by Gasteiger charge is -2.27. The quantitative estimate of drug-likeness (QED) is 0.541. The van der Waals surface area contributed by atoms with Crippen molar-refractivity contribution in [3.63, 3.8) is 0 Å². The summed E-state index contributed by atoms with van der Waals surface area (Å²) in [5.41, 5.74) is 3.66. The Kier molecular flexibility index (Phi) is 6.14. The lowest BCUT2D eigenvalue weighted by molar-refractivity contribution is 0.0696. The summed E-state index contributed by atoms with van der Waals surface area (Å²) < 4.78 is 12.4. The lowest BCUT2D eigenvalue weighted by Crippen LogP contribution is -2.18. The van der Waals surface area contributed by atoms with E-state index in [0.29, 0.717) is 35.7 Å². The first-order valence-electron chi connectivity index (χ1n) is 10.7. The topological polar surface area (TPSA) is 96.6 Å². The van der Waals surface area contributed by atoms with Crippen LogP contribution in [0.4, 0.5) is 0 Å². The van der Waals surface area contributed by atoms with Gasteiger partial charge in [-0.15, -0.1) is 0 Å². The highest BCUT2D eigenvalue weighted by molar-refractivity contribution is 6.00. The van der Waals surface area contributed by atoms with Gasteiger partial charge in [-0.25, -0.2) is 4.79 Å². The Balaban J connectivity index is 1.80. The number of carbonyl (C=O) groups excluding carboxylic acids is 1. The molecule has 0 spiro atoms. The molecule has 0 aromatic heterocycles. The molecule has 166 valence electrons. The highest BCUT2D eigenvalue weighted by Crippen LogP contribution is 2.42. The fraction of sp³-hybridized carbons (Fsp3) is 0.222. The van der Waals surface area contributed by atoms with Gasteiger partial charge in [0, 0.05) is 12.0 Å². The van der Waals surface area contributed by atoms with Gasteiger partial charge in [0.2, 0.25) is 0 Å². The molecule has 33 heavy (non-hydrogen) atoms. The van der Waals surface area contributed by atoms with Gasteiger partial charge in [0.25, 0.3) is 0 Å². The average molecular weight is 441 g/mol. The third-order valence-electron chi connectivity index (χ3n) is 5.66. The molecular formula is C27H23NO5. The zero-order valence-electron chi connectivity index (χ0n) is 18.4. The molecule has 0 saturated heterocycles. The summed E-state index contributed by atoms with van der Waals surface area (Å²) in [6, 6.07) is 19.2. The van der Waals surface area contributed by atoms with E-state index in [9.17, 15) is 14.7 Å². The first-order valence-corrected chi connectivity index (χ1v) is 10.7. The number of rotatable bonds is 6. The molecule has 4 rings (SSSR count). The maximum atomic E-state index is 12.4. The minimum Gasteiger partial charge on any atom is -0.492 e. The van der Waals surface area contributed by atoms with Crippen LogP contribution in [0, 0.1) is 11.3 Å². The van der Waals surface area contributed by atoms with Crippen LogP contribution in [0.3, 0.4) is 0 Å². The van der Waals surface area contributed by atoms with Crippen LogP contribution in [0.25, 0.3) is 0 Å². The van der Waals surface area contributed by atoms with E-state index in [4.69, 9.17) is 14.7 Å². The fourth-order valence-corrected chi connectivity index (χ4v) is 3.97. The number of benzene rings is 3. The van der Waals surface area contributed by atoms with Gasteiger partial charge in [-0.1, -0.05) is 38.1 Å². The fourth-order valence-electron chi connectivity index (χ4n) is 3.97. The number of hydrogen-bond donors (Lipinski definition) is 1. The van der Waals surface area contributed by atoms with Crippen molar-refractivity contribution in [3.05, 3.63) is 94.0 Å². The van der Waals surface area contributed by atoms with Crippen molar-refractivity contribution in [1.29, 1.82) is 5.26 Å². The average Bonchev–Trinajstić information content (AvgIpc) is 2.82. The number of nitrogens with zero attached hydrogens (tertiary/aromatic N) is 1. The molecular weight excluding hydrogens is 418 g/mol. The van der Waals surface area contributed by atoms with Gasteiger partial charge in [-0.2, -0.15) is 5.26 Å². The number of Topliss-reactive ketones (excluding diaryl/α,β-unsaturated/α-hetero) is 1. The molecule has 1 aliphatic rings. The SMILES string of the molecule is CC(C)c1c(OC(c2ccc(C#N)cc2)c2ccc(C(=O)O)cc2)ccc2c1OCCC2=O. The summed E-state index contributed by atoms with van der Waals surface area (Å²) in [5.74, 6) is 0.249. The van der Waals surface area contributed by atoms with Gasteiger partial charge in [0.05, 0.1) is 29.4 Å². The maximum absolute atomic E-state index is 12.4. The van der Waals surface area contributed by atoms with Gasteiger partial charge in [0.15, 0.2) is 5.78 Å². The van der Waals surface area contributed by atoms with E-state index in [0.717, 1.165) is 16.7 Å². The number of carbonyl (C=O) groups is 2. The number of nitriles is 1. The molecule has 0 saturated carbocycles. The van der Waals surface area contributed by atoms with E-state index < -0.39 is 12.1 Å². The highest BCUT2D eigenvalue weighted by atomic mass is 16.5. The predicted octanol–water partition coefficient (Wildman–Crippen LogP) is 5.51. The van der Waals surface area contributed by atoms with Crippen LogP contribution >= 0.6 is 0 Å². The lowest BCUT2D eigenvalue weighted by atomic mass is 9.93. The summed E-state index contributed by atoms with van der Waals surface area (Å²) in [7, 11) is 0. The Morgan fingerprint density at radius 1 is 1.03 bits per heavy atom. The van der Waals surface area contributed by atoms with Gasteiger partial charge < -0.3 is 14.6 Å². The third kappa shape index (κ3) is 4.44. The molecule has 0 amide bonds. The van der Waals surface area contributed by atoms with E-state index in [2.05, 4.69) is 6.07 Å². The zero-order valence-corrected chi connectivity index (χ0v) is 18.4. The number of hydrogen-bond acceptors (Lipinski definition) is 5. The van der Waals surface area contributed by atoms with Crippen LogP contribution in [-0.4, -0.2) is 23.5 Å². The van der Waals surface area contributed by atoms with E-state index >= 15 is 0 Å². The molecule has 1 unspecified atom stereocenters. The first-order chi connectivity index (χ1) is 15.9. The van der Waals surface area contributed by atoms with Crippen molar-refractivity contribution in [3.8, 4) is 17.6 Å². The van der Waals surface area contributed by atoms with E-state index in [1.54, 1.807) is 36.4 Å². The first kappa shape index (κ1) is 22.1. The van der Waals surface area contributed by atoms with Crippen molar-refractivity contribution >= 4 is 11.8 Å². The Morgan fingerprint density at radius 3 is 2.24 bits per heavy atom. The van der Waals surface area contributed by atoms with E-state index in [1.165, 1.54) is 12.1 Å². The molecule has 0 aliphatic carbocycles. The molecule has 0 bridgehead atoms. The molecule has 6 heteroatoms. The van der Waals surface area contributed by atoms with Crippen molar-refractivity contribution in [1.82, 2.24) is 0 Å². The summed E-state index contributed by atoms with van der Waals surface area (Å²) in [6.07, 6.45) is -0.204. The minimum absolute atomic E-state index is 0.0388. The van der Waals surface area contributed by atoms with Crippen LogP contribution < -0.4 is 9.47 Å². The molecule has 0 radical (unpaired) electrons. The Hall–Kier alpha value is -4.11. The molecule has 6 nitrogen and oxygen atoms in total. The molecule has 0 fully saturated rings. The van der Waals surface area contributed by atoms with Gasteiger partial charge in [-0.3, -0.25) is 4.79 Å². The molecule has 1 N–H and O–H groups in total. The van der Waals surface area contributed by atoms with Gasteiger partial charge in [0.1, 0.15) is 17.6 Å². The van der Waals surface area contributed by atoms with Gasteiger partial charge >= 0.3 is 5.97 Å². The van der Waals surface area contributed by atoms with E-state index in [1.807, 2.05) is 26.0 Å². The van der Waals surface area contributed by atoms with Crippen LogP contribution in [0.5, 0.6) is 11.5 Å². The second kappa shape index (κ2) is 9.17. The summed E-state index contributed by atoms with van der Waals surface area (Å²) in [5, 5.41) is 18.4. The molecule has 3 aromatic rings. The van der Waals surface area contributed by atoms with Crippen LogP contribution in [-0.2, 0) is 0 Å². The van der Waals surface area contributed by atoms with E-state index in [-0.39, 0.29) is 17.3 Å². The largest absolute Gasteiger partial charge is 0.492 e. The third-order valence-corrected chi connectivity index (χ3v) is 5.66. The highest BCUT2D eigenvalue weighted by Gasteiger charge is 2.27. The van der Waals surface area contributed by atoms with Crippen molar-refractivity contribution < 1.29 is 24.2 Å². The Morgan fingerprint density at radius 2 is 1.67 bits per heavy atom. The van der Waals surface area contributed by atoms with Crippen molar-refractivity contribution in [2.24, 2.45) is 0 Å². The normalized spacial score (nSPS) is 13.6. The van der Waals surface area contributed by atoms with Gasteiger partial charge in [-0.05, 0) is 53.4 Å². The number of carboxylic acid groups (broad SMARTS) is 1. The maximum Gasteiger partial charge on any atom is 0.335 e. The minimum atomic E-state index is -1.00. The smallest absolute Gasteiger partial charge is 0.335 e.